The lowest BCUT2D eigenvalue weighted by Crippen LogP contribution is -2.51. The number of aromatic nitrogens is 1. The normalized spacial score (nSPS) is 22.3. The zero-order valence-corrected chi connectivity index (χ0v) is 20.0. The van der Waals surface area contributed by atoms with E-state index in [9.17, 15) is 9.90 Å². The van der Waals surface area contributed by atoms with E-state index < -0.39 is 57.9 Å². The first kappa shape index (κ1) is 24.4. The molecule has 6 rings (SSSR count). The molecule has 1 aliphatic heterocycles. The predicted octanol–water partition coefficient (Wildman–Crippen LogP) is 6.00. The number of carbonyl (C=O) groups excluding carboxylic acids is 1. The summed E-state index contributed by atoms with van der Waals surface area (Å²) in [6, 6.07) is 15.4. The van der Waals surface area contributed by atoms with E-state index in [2.05, 4.69) is 4.98 Å². The third-order valence-electron chi connectivity index (χ3n) is 7.68. The van der Waals surface area contributed by atoms with Crippen LogP contribution in [0.1, 0.15) is 46.7 Å². The minimum absolute atomic E-state index is 0.0372. The zero-order valence-electron chi connectivity index (χ0n) is 20.0. The van der Waals surface area contributed by atoms with Crippen molar-refractivity contribution in [2.45, 2.75) is 36.7 Å². The van der Waals surface area contributed by atoms with E-state index in [1.165, 1.54) is 12.3 Å². The molecule has 0 radical (unpaired) electrons. The van der Waals surface area contributed by atoms with Crippen molar-refractivity contribution in [1.29, 1.82) is 0 Å². The Bertz CT molecular complexity index is 1560. The van der Waals surface area contributed by atoms with Gasteiger partial charge in [-0.05, 0) is 43.0 Å². The Hall–Kier alpha value is -3.98. The van der Waals surface area contributed by atoms with E-state index in [-0.39, 0.29) is 25.0 Å². The van der Waals surface area contributed by atoms with Crippen LogP contribution in [0.3, 0.4) is 0 Å². The highest BCUT2D eigenvalue weighted by Gasteiger charge is 2.55. The Morgan fingerprint density at radius 1 is 0.974 bits per heavy atom. The van der Waals surface area contributed by atoms with Crippen LogP contribution in [0.25, 0.3) is 10.9 Å². The van der Waals surface area contributed by atoms with Gasteiger partial charge < -0.3 is 15.2 Å². The van der Waals surface area contributed by atoms with E-state index >= 15 is 17.6 Å². The van der Waals surface area contributed by atoms with Crippen LogP contribution in [0.4, 0.5) is 23.2 Å². The maximum Gasteiger partial charge on any atom is 0.257 e. The van der Waals surface area contributed by atoms with Gasteiger partial charge >= 0.3 is 0 Å². The highest BCUT2D eigenvalue weighted by Crippen LogP contribution is 2.58. The van der Waals surface area contributed by atoms with Gasteiger partial charge in [-0.2, -0.15) is 0 Å². The monoisotopic (exact) mass is 522 g/mol. The maximum absolute atomic E-state index is 15.7. The highest BCUT2D eigenvalue weighted by molar-refractivity contribution is 6.06. The standard InChI is InChI=1S/C29H22F4N2O3/c30-23-22(29(12-17(36)13-29)19-9-10-38-21-8-4-2-6-18(19)21)24(31)26(33)27(25(23)32)35-28(37)16-11-15-5-1-3-7-20(15)34-14-16/h1-8,11,14,17,19,36H,9-10,12-13H2,(H,35,37)/t17?,19-,29?/m1/s1. The SMILES string of the molecule is O=C(Nc1c(F)c(F)c(C2([C@@H]3CCOc4ccccc43)CC(O)C2)c(F)c1F)c1cnc2ccccc2c1. The summed E-state index contributed by atoms with van der Waals surface area (Å²) in [6.07, 6.45) is 0.524. The van der Waals surface area contributed by atoms with Crippen molar-refractivity contribution in [2.75, 3.05) is 11.9 Å². The van der Waals surface area contributed by atoms with Gasteiger partial charge in [-0.3, -0.25) is 9.78 Å². The first-order chi connectivity index (χ1) is 18.3. The largest absolute Gasteiger partial charge is 0.493 e. The Balaban J connectivity index is 1.41. The number of carbonyl (C=O) groups is 1. The van der Waals surface area contributed by atoms with E-state index in [1.54, 1.807) is 48.5 Å². The van der Waals surface area contributed by atoms with Crippen LogP contribution >= 0.6 is 0 Å². The van der Waals surface area contributed by atoms with Crippen LogP contribution in [0, 0.1) is 23.3 Å². The number of hydrogen-bond acceptors (Lipinski definition) is 4. The molecule has 0 bridgehead atoms. The lowest BCUT2D eigenvalue weighted by Gasteiger charge is -2.52. The first-order valence-corrected chi connectivity index (χ1v) is 12.2. The van der Waals surface area contributed by atoms with Crippen molar-refractivity contribution < 1.29 is 32.2 Å². The number of para-hydroxylation sites is 2. The Kier molecular flexibility index (Phi) is 5.83. The second-order valence-corrected chi connectivity index (χ2v) is 9.82. The molecule has 4 aromatic rings. The molecule has 0 spiro atoms. The van der Waals surface area contributed by atoms with Gasteiger partial charge in [0.25, 0.3) is 5.91 Å². The van der Waals surface area contributed by atoms with Crippen molar-refractivity contribution >= 4 is 22.5 Å². The number of benzene rings is 3. The molecule has 1 aliphatic carbocycles. The minimum atomic E-state index is -1.71. The average molecular weight is 522 g/mol. The van der Waals surface area contributed by atoms with Gasteiger partial charge in [0.15, 0.2) is 23.3 Å². The van der Waals surface area contributed by atoms with Gasteiger partial charge in [-0.25, -0.2) is 17.6 Å². The van der Waals surface area contributed by atoms with Crippen molar-refractivity contribution in [3.05, 3.63) is 101 Å². The smallest absolute Gasteiger partial charge is 0.257 e. The number of nitrogens with zero attached hydrogens (tertiary/aromatic N) is 1. The third kappa shape index (κ3) is 3.72. The number of amides is 1. The molecule has 0 unspecified atom stereocenters. The Labute approximate surface area is 215 Å². The van der Waals surface area contributed by atoms with Crippen LogP contribution < -0.4 is 10.1 Å². The number of aliphatic hydroxyl groups excluding tert-OH is 1. The Morgan fingerprint density at radius 2 is 1.66 bits per heavy atom. The van der Waals surface area contributed by atoms with Gasteiger partial charge in [-0.1, -0.05) is 36.4 Å². The summed E-state index contributed by atoms with van der Waals surface area (Å²) in [5, 5.41) is 12.8. The molecule has 5 nitrogen and oxygen atoms in total. The summed E-state index contributed by atoms with van der Waals surface area (Å²) in [6.45, 7) is 0.252. The van der Waals surface area contributed by atoms with E-state index in [0.29, 0.717) is 28.6 Å². The summed E-state index contributed by atoms with van der Waals surface area (Å²) in [7, 11) is 0. The second kappa shape index (κ2) is 9.09. The zero-order chi connectivity index (χ0) is 26.6. The van der Waals surface area contributed by atoms with Crippen LogP contribution in [0.2, 0.25) is 0 Å². The molecular formula is C29H22F4N2O3. The number of aliphatic hydroxyl groups is 1. The molecule has 1 saturated carbocycles. The molecule has 2 aliphatic rings. The number of rotatable bonds is 4. The fourth-order valence-corrected chi connectivity index (χ4v) is 5.92. The van der Waals surface area contributed by atoms with Crippen molar-refractivity contribution in [2.24, 2.45) is 0 Å². The number of hydrogen-bond donors (Lipinski definition) is 2. The molecule has 9 heteroatoms. The molecule has 1 fully saturated rings. The summed E-state index contributed by atoms with van der Waals surface area (Å²) < 4.78 is 67.8. The van der Waals surface area contributed by atoms with Gasteiger partial charge in [0.2, 0.25) is 0 Å². The van der Waals surface area contributed by atoms with Crippen LogP contribution in [-0.4, -0.2) is 28.7 Å². The molecule has 1 atom stereocenters. The average Bonchev–Trinajstić information content (AvgIpc) is 2.92. The van der Waals surface area contributed by atoms with Gasteiger partial charge in [0.1, 0.15) is 11.4 Å². The number of pyridine rings is 1. The van der Waals surface area contributed by atoms with Crippen molar-refractivity contribution in [3.63, 3.8) is 0 Å². The summed E-state index contributed by atoms with van der Waals surface area (Å²) >= 11 is 0. The van der Waals surface area contributed by atoms with Crippen molar-refractivity contribution in [1.82, 2.24) is 4.98 Å². The number of fused-ring (bicyclic) bond motifs is 2. The van der Waals surface area contributed by atoms with Gasteiger partial charge in [-0.15, -0.1) is 0 Å². The topological polar surface area (TPSA) is 71.5 Å². The molecular weight excluding hydrogens is 500 g/mol. The number of halogens is 4. The lowest BCUT2D eigenvalue weighted by molar-refractivity contribution is -0.00875. The van der Waals surface area contributed by atoms with E-state index in [0.717, 1.165) is 0 Å². The molecule has 1 aromatic heterocycles. The number of ether oxygens (including phenoxy) is 1. The van der Waals surface area contributed by atoms with Crippen LogP contribution in [0.15, 0.2) is 60.8 Å². The summed E-state index contributed by atoms with van der Waals surface area (Å²) in [4.78, 5) is 16.9. The molecule has 2 heterocycles. The molecule has 3 aromatic carbocycles. The van der Waals surface area contributed by atoms with E-state index in [4.69, 9.17) is 4.74 Å². The second-order valence-electron chi connectivity index (χ2n) is 9.82. The minimum Gasteiger partial charge on any atom is -0.493 e. The van der Waals surface area contributed by atoms with Crippen LogP contribution in [0.5, 0.6) is 5.75 Å². The van der Waals surface area contributed by atoms with E-state index in [1.807, 2.05) is 5.32 Å². The number of anilines is 1. The predicted molar refractivity (Wildman–Crippen MR) is 132 cm³/mol. The maximum atomic E-state index is 15.7. The molecule has 1 amide bonds. The lowest BCUT2D eigenvalue weighted by atomic mass is 9.53. The van der Waals surface area contributed by atoms with Crippen LogP contribution in [-0.2, 0) is 5.41 Å². The fraction of sp³-hybridized carbons (Fsp3) is 0.241. The summed E-state index contributed by atoms with van der Waals surface area (Å²) in [5.74, 6) is -7.58. The quantitative estimate of drug-likeness (QED) is 0.255. The highest BCUT2D eigenvalue weighted by atomic mass is 19.2. The molecule has 2 N–H and O–H groups in total. The van der Waals surface area contributed by atoms with Gasteiger partial charge in [0, 0.05) is 28.5 Å². The first-order valence-electron chi connectivity index (χ1n) is 12.2. The molecule has 38 heavy (non-hydrogen) atoms. The third-order valence-corrected chi connectivity index (χ3v) is 7.68. The Morgan fingerprint density at radius 3 is 2.39 bits per heavy atom. The van der Waals surface area contributed by atoms with Gasteiger partial charge in [0.05, 0.1) is 23.8 Å². The van der Waals surface area contributed by atoms with Crippen molar-refractivity contribution in [3.8, 4) is 5.75 Å². The summed E-state index contributed by atoms with van der Waals surface area (Å²) in [5.41, 5.74) is -2.14. The molecule has 0 saturated heterocycles. The molecule has 194 valence electrons. The number of nitrogens with one attached hydrogen (secondary N) is 1. The fourth-order valence-electron chi connectivity index (χ4n) is 5.92.